The zero-order valence-corrected chi connectivity index (χ0v) is 11.6. The lowest BCUT2D eigenvalue weighted by Crippen LogP contribution is -2.43. The van der Waals surface area contributed by atoms with Crippen LogP contribution in [0.25, 0.3) is 0 Å². The number of nitrogens with one attached hydrogen (secondary N) is 3. The lowest BCUT2D eigenvalue weighted by molar-refractivity contribution is -0.137. The summed E-state index contributed by atoms with van der Waals surface area (Å²) in [4.78, 5) is 32.7. The Morgan fingerprint density at radius 2 is 1.95 bits per heavy atom. The van der Waals surface area contributed by atoms with Crippen LogP contribution < -0.4 is 16.0 Å². The summed E-state index contributed by atoms with van der Waals surface area (Å²) in [6.45, 7) is 1.03. The molecule has 7 heteroatoms. The molecule has 0 spiro atoms. The van der Waals surface area contributed by atoms with Crippen LogP contribution in [0.2, 0.25) is 0 Å². The standard InChI is InChI=1S/C13H23N3O4/c17-11-7-6-10(16-11)9-15-13(20)14-8-4-2-1-3-5-12(18)19/h10H,1-9H2,(H,16,17)(H,18,19)(H2,14,15,20). The minimum absolute atomic E-state index is 0.0403. The summed E-state index contributed by atoms with van der Waals surface area (Å²) in [5.41, 5.74) is 0. The Morgan fingerprint density at radius 3 is 2.60 bits per heavy atom. The molecule has 0 radical (unpaired) electrons. The fourth-order valence-corrected chi connectivity index (χ4v) is 2.07. The second kappa shape index (κ2) is 9.17. The van der Waals surface area contributed by atoms with Crippen molar-refractivity contribution in [2.45, 2.75) is 51.0 Å². The van der Waals surface area contributed by atoms with Gasteiger partial charge in [0.2, 0.25) is 5.91 Å². The maximum absolute atomic E-state index is 11.4. The minimum Gasteiger partial charge on any atom is -0.481 e. The highest BCUT2D eigenvalue weighted by atomic mass is 16.4. The van der Waals surface area contributed by atoms with Crippen molar-refractivity contribution in [1.82, 2.24) is 16.0 Å². The van der Waals surface area contributed by atoms with Crippen molar-refractivity contribution in [2.75, 3.05) is 13.1 Å². The third-order valence-corrected chi connectivity index (χ3v) is 3.20. The summed E-state index contributed by atoms with van der Waals surface area (Å²) in [5, 5.41) is 16.7. The van der Waals surface area contributed by atoms with E-state index in [0.717, 1.165) is 25.7 Å². The molecule has 0 aliphatic carbocycles. The second-order valence-electron chi connectivity index (χ2n) is 5.00. The maximum atomic E-state index is 11.4. The zero-order chi connectivity index (χ0) is 14.8. The Morgan fingerprint density at radius 1 is 1.20 bits per heavy atom. The molecule has 0 aromatic heterocycles. The first kappa shape index (κ1) is 16.3. The number of unbranched alkanes of at least 4 members (excludes halogenated alkanes) is 3. The van der Waals surface area contributed by atoms with Crippen molar-refractivity contribution < 1.29 is 19.5 Å². The first-order valence-electron chi connectivity index (χ1n) is 7.11. The van der Waals surface area contributed by atoms with Gasteiger partial charge in [-0.05, 0) is 19.3 Å². The number of hydrogen-bond donors (Lipinski definition) is 4. The van der Waals surface area contributed by atoms with Gasteiger partial charge in [-0.1, -0.05) is 12.8 Å². The number of aliphatic carboxylic acids is 1. The minimum atomic E-state index is -0.762. The third-order valence-electron chi connectivity index (χ3n) is 3.20. The van der Waals surface area contributed by atoms with Crippen molar-refractivity contribution >= 4 is 17.9 Å². The molecular weight excluding hydrogens is 262 g/mol. The first-order chi connectivity index (χ1) is 9.58. The van der Waals surface area contributed by atoms with E-state index in [0.29, 0.717) is 25.9 Å². The van der Waals surface area contributed by atoms with E-state index in [2.05, 4.69) is 16.0 Å². The Balaban J connectivity index is 1.90. The van der Waals surface area contributed by atoms with Gasteiger partial charge in [-0.2, -0.15) is 0 Å². The Bertz CT molecular complexity index is 347. The predicted octanol–water partition coefficient (Wildman–Crippen LogP) is 0.599. The third kappa shape index (κ3) is 7.60. The number of rotatable bonds is 9. The van der Waals surface area contributed by atoms with Crippen molar-refractivity contribution in [1.29, 1.82) is 0 Å². The number of carbonyl (C=O) groups is 3. The average molecular weight is 285 g/mol. The Kier molecular flexibility index (Phi) is 7.46. The van der Waals surface area contributed by atoms with Crippen LogP contribution in [0.1, 0.15) is 44.9 Å². The lowest BCUT2D eigenvalue weighted by Gasteiger charge is -2.12. The van der Waals surface area contributed by atoms with E-state index < -0.39 is 5.97 Å². The Hall–Kier alpha value is -1.79. The van der Waals surface area contributed by atoms with Crippen LogP contribution in [0.4, 0.5) is 4.79 Å². The molecule has 0 bridgehead atoms. The summed E-state index contributed by atoms with van der Waals surface area (Å²) in [6.07, 6.45) is 4.81. The van der Waals surface area contributed by atoms with Gasteiger partial charge in [-0.15, -0.1) is 0 Å². The molecule has 1 fully saturated rings. The van der Waals surface area contributed by atoms with Crippen LogP contribution in [0.3, 0.4) is 0 Å². The molecule has 0 saturated carbocycles. The van der Waals surface area contributed by atoms with Gasteiger partial charge in [0.05, 0.1) is 0 Å². The molecule has 1 atom stereocenters. The van der Waals surface area contributed by atoms with E-state index >= 15 is 0 Å². The zero-order valence-electron chi connectivity index (χ0n) is 11.6. The molecule has 3 amide bonds. The van der Waals surface area contributed by atoms with Gasteiger partial charge in [0.25, 0.3) is 0 Å². The monoisotopic (exact) mass is 285 g/mol. The fraction of sp³-hybridized carbons (Fsp3) is 0.769. The van der Waals surface area contributed by atoms with Crippen LogP contribution in [0.5, 0.6) is 0 Å². The van der Waals surface area contributed by atoms with Crippen molar-refractivity contribution in [3.63, 3.8) is 0 Å². The summed E-state index contributed by atoms with van der Waals surface area (Å²) < 4.78 is 0. The SMILES string of the molecule is O=C(O)CCCCCCNC(=O)NCC1CCC(=O)N1. The molecule has 1 unspecified atom stereocenters. The maximum Gasteiger partial charge on any atom is 0.314 e. The normalized spacial score (nSPS) is 17.6. The van der Waals surface area contributed by atoms with E-state index in [9.17, 15) is 14.4 Å². The molecule has 20 heavy (non-hydrogen) atoms. The van der Waals surface area contributed by atoms with Crippen LogP contribution in [-0.4, -0.2) is 42.1 Å². The highest BCUT2D eigenvalue weighted by Gasteiger charge is 2.20. The number of hydrogen-bond acceptors (Lipinski definition) is 3. The molecule has 0 aromatic carbocycles. The summed E-state index contributed by atoms with van der Waals surface area (Å²) in [6, 6.07) is -0.180. The van der Waals surface area contributed by atoms with Crippen LogP contribution in [0.15, 0.2) is 0 Å². The highest BCUT2D eigenvalue weighted by molar-refractivity contribution is 5.79. The second-order valence-corrected chi connectivity index (χ2v) is 5.00. The van der Waals surface area contributed by atoms with E-state index in [1.165, 1.54) is 0 Å². The molecule has 1 aliphatic heterocycles. The fourth-order valence-electron chi connectivity index (χ4n) is 2.07. The smallest absolute Gasteiger partial charge is 0.314 e. The number of urea groups is 1. The van der Waals surface area contributed by atoms with Crippen molar-refractivity contribution in [2.24, 2.45) is 0 Å². The van der Waals surface area contributed by atoms with E-state index in [1.54, 1.807) is 0 Å². The van der Waals surface area contributed by atoms with Gasteiger partial charge in [-0.3, -0.25) is 9.59 Å². The molecule has 1 heterocycles. The molecule has 114 valence electrons. The van der Waals surface area contributed by atoms with Gasteiger partial charge in [-0.25, -0.2) is 4.79 Å². The topological polar surface area (TPSA) is 108 Å². The largest absolute Gasteiger partial charge is 0.481 e. The molecule has 0 aromatic rings. The lowest BCUT2D eigenvalue weighted by atomic mass is 10.1. The van der Waals surface area contributed by atoms with Crippen molar-refractivity contribution in [3.05, 3.63) is 0 Å². The molecule has 1 aliphatic rings. The summed E-state index contributed by atoms with van der Waals surface area (Å²) in [5.74, 6) is -0.722. The van der Waals surface area contributed by atoms with E-state index in [4.69, 9.17) is 5.11 Å². The van der Waals surface area contributed by atoms with Crippen LogP contribution in [0, 0.1) is 0 Å². The number of amides is 3. The summed E-state index contributed by atoms with van der Waals surface area (Å²) >= 11 is 0. The quantitative estimate of drug-likeness (QED) is 0.465. The molecule has 1 rings (SSSR count). The highest BCUT2D eigenvalue weighted by Crippen LogP contribution is 2.05. The molecule has 7 nitrogen and oxygen atoms in total. The summed E-state index contributed by atoms with van der Waals surface area (Å²) in [7, 11) is 0. The van der Waals surface area contributed by atoms with Gasteiger partial charge in [0.1, 0.15) is 0 Å². The van der Waals surface area contributed by atoms with E-state index in [-0.39, 0.29) is 24.4 Å². The van der Waals surface area contributed by atoms with E-state index in [1.807, 2.05) is 0 Å². The molecule has 1 saturated heterocycles. The molecule has 4 N–H and O–H groups in total. The number of carboxylic acid groups (broad SMARTS) is 1. The average Bonchev–Trinajstić information content (AvgIpc) is 2.81. The van der Waals surface area contributed by atoms with Gasteiger partial charge < -0.3 is 21.1 Å². The number of carboxylic acids is 1. The number of carbonyl (C=O) groups excluding carboxylic acids is 2. The van der Waals surface area contributed by atoms with Crippen molar-refractivity contribution in [3.8, 4) is 0 Å². The Labute approximate surface area is 118 Å². The van der Waals surface area contributed by atoms with Gasteiger partial charge in [0, 0.05) is 32.0 Å². The van der Waals surface area contributed by atoms with Gasteiger partial charge >= 0.3 is 12.0 Å². The predicted molar refractivity (Wildman–Crippen MR) is 73.3 cm³/mol. The van der Waals surface area contributed by atoms with Crippen LogP contribution in [-0.2, 0) is 9.59 Å². The van der Waals surface area contributed by atoms with Crippen LogP contribution >= 0.6 is 0 Å². The first-order valence-corrected chi connectivity index (χ1v) is 7.11. The van der Waals surface area contributed by atoms with Gasteiger partial charge in [0.15, 0.2) is 0 Å². The molecular formula is C13H23N3O4.